The summed E-state index contributed by atoms with van der Waals surface area (Å²) in [6, 6.07) is 6.36. The Kier molecular flexibility index (Phi) is 3.38. The number of rotatable bonds is 3. The Balaban J connectivity index is 2.32. The lowest BCUT2D eigenvalue weighted by Crippen LogP contribution is -1.98. The van der Waals surface area contributed by atoms with Gasteiger partial charge < -0.3 is 5.73 Å². The van der Waals surface area contributed by atoms with Crippen molar-refractivity contribution in [1.82, 2.24) is 9.78 Å². The normalized spacial score (nSPS) is 10.8. The van der Waals surface area contributed by atoms with Crippen LogP contribution in [0, 0.1) is 12.7 Å². The van der Waals surface area contributed by atoms with Crippen LogP contribution >= 0.6 is 11.8 Å². The van der Waals surface area contributed by atoms with E-state index < -0.39 is 0 Å². The Morgan fingerprint density at radius 3 is 2.59 bits per heavy atom. The molecule has 0 aliphatic heterocycles. The van der Waals surface area contributed by atoms with Crippen LogP contribution in [-0.4, -0.2) is 9.78 Å². The second kappa shape index (κ2) is 4.79. The second-order valence-electron chi connectivity index (χ2n) is 3.68. The number of nitrogens with two attached hydrogens (primary N) is 1. The molecule has 0 atom stereocenters. The first-order chi connectivity index (χ1) is 8.11. The summed E-state index contributed by atoms with van der Waals surface area (Å²) in [6.45, 7) is 4.67. The Labute approximate surface area is 104 Å². The number of nitrogen functional groups attached to an aromatic ring is 1. The van der Waals surface area contributed by atoms with Crippen molar-refractivity contribution >= 4 is 17.4 Å². The van der Waals surface area contributed by atoms with Crippen LogP contribution in [0.2, 0.25) is 0 Å². The van der Waals surface area contributed by atoms with Crippen LogP contribution in [0.15, 0.2) is 34.2 Å². The topological polar surface area (TPSA) is 43.8 Å². The minimum Gasteiger partial charge on any atom is -0.395 e. The van der Waals surface area contributed by atoms with Crippen LogP contribution in [0.25, 0.3) is 0 Å². The van der Waals surface area contributed by atoms with Gasteiger partial charge in [-0.05, 0) is 38.1 Å². The number of aryl methyl sites for hydroxylation is 2. The monoisotopic (exact) mass is 251 g/mol. The van der Waals surface area contributed by atoms with Crippen LogP contribution in [0.3, 0.4) is 0 Å². The minimum atomic E-state index is -0.234. The van der Waals surface area contributed by atoms with E-state index in [1.54, 1.807) is 12.1 Å². The summed E-state index contributed by atoms with van der Waals surface area (Å²) in [6.07, 6.45) is 0. The fourth-order valence-corrected chi connectivity index (χ4v) is 2.54. The van der Waals surface area contributed by atoms with Crippen molar-refractivity contribution < 1.29 is 4.39 Å². The summed E-state index contributed by atoms with van der Waals surface area (Å²) in [4.78, 5) is 0.952. The Morgan fingerprint density at radius 1 is 1.35 bits per heavy atom. The zero-order valence-electron chi connectivity index (χ0n) is 9.77. The molecule has 0 bridgehead atoms. The molecule has 0 saturated carbocycles. The highest BCUT2D eigenvalue weighted by atomic mass is 32.2. The van der Waals surface area contributed by atoms with Crippen molar-refractivity contribution in [3.63, 3.8) is 0 Å². The third-order valence-corrected chi connectivity index (χ3v) is 3.58. The van der Waals surface area contributed by atoms with Crippen LogP contribution in [-0.2, 0) is 6.54 Å². The van der Waals surface area contributed by atoms with Crippen molar-refractivity contribution in [3.8, 4) is 0 Å². The fourth-order valence-electron chi connectivity index (χ4n) is 1.51. The van der Waals surface area contributed by atoms with E-state index in [0.29, 0.717) is 5.69 Å². The first-order valence-corrected chi connectivity index (χ1v) is 6.19. The number of hydrogen-bond donors (Lipinski definition) is 1. The molecule has 0 saturated heterocycles. The zero-order chi connectivity index (χ0) is 12.4. The maximum atomic E-state index is 12.8. The van der Waals surface area contributed by atoms with Crippen LogP contribution in [0.1, 0.15) is 12.6 Å². The third-order valence-electron chi connectivity index (χ3n) is 2.45. The van der Waals surface area contributed by atoms with Gasteiger partial charge in [0, 0.05) is 11.4 Å². The van der Waals surface area contributed by atoms with Gasteiger partial charge in [0.15, 0.2) is 0 Å². The summed E-state index contributed by atoms with van der Waals surface area (Å²) < 4.78 is 14.7. The molecule has 0 fully saturated rings. The maximum absolute atomic E-state index is 12.8. The highest BCUT2D eigenvalue weighted by molar-refractivity contribution is 7.99. The number of anilines is 1. The molecule has 2 aromatic rings. The molecule has 2 rings (SSSR count). The summed E-state index contributed by atoms with van der Waals surface area (Å²) >= 11 is 1.50. The molecule has 0 aliphatic carbocycles. The average Bonchev–Trinajstić information content (AvgIpc) is 2.59. The maximum Gasteiger partial charge on any atom is 0.123 e. The Bertz CT molecular complexity index is 519. The standard InChI is InChI=1S/C12H14FN3S/c1-3-16-12(11(14)8(2)15-16)17-10-6-4-9(13)5-7-10/h4-7H,3,14H2,1-2H3. The lowest BCUT2D eigenvalue weighted by molar-refractivity contribution is 0.602. The molecular formula is C12H14FN3S. The minimum absolute atomic E-state index is 0.234. The van der Waals surface area contributed by atoms with Gasteiger partial charge in [0.1, 0.15) is 10.8 Å². The van der Waals surface area contributed by atoms with Crippen molar-refractivity contribution in [3.05, 3.63) is 35.8 Å². The first-order valence-electron chi connectivity index (χ1n) is 5.38. The van der Waals surface area contributed by atoms with Gasteiger partial charge in [-0.25, -0.2) is 4.39 Å². The number of hydrogen-bond acceptors (Lipinski definition) is 3. The summed E-state index contributed by atoms with van der Waals surface area (Å²) in [5, 5.41) is 5.25. The van der Waals surface area contributed by atoms with Gasteiger partial charge in [0.05, 0.1) is 11.4 Å². The largest absolute Gasteiger partial charge is 0.395 e. The number of nitrogens with zero attached hydrogens (tertiary/aromatic N) is 2. The van der Waals surface area contributed by atoms with E-state index in [9.17, 15) is 4.39 Å². The van der Waals surface area contributed by atoms with Crippen molar-refractivity contribution in [2.45, 2.75) is 30.3 Å². The van der Waals surface area contributed by atoms with E-state index in [2.05, 4.69) is 5.10 Å². The van der Waals surface area contributed by atoms with Crippen molar-refractivity contribution in [2.24, 2.45) is 0 Å². The summed E-state index contributed by atoms with van der Waals surface area (Å²) in [5.74, 6) is -0.234. The molecule has 0 aliphatic rings. The van der Waals surface area contributed by atoms with Crippen molar-refractivity contribution in [2.75, 3.05) is 5.73 Å². The average molecular weight is 251 g/mol. The zero-order valence-corrected chi connectivity index (χ0v) is 10.6. The Morgan fingerprint density at radius 2 is 2.00 bits per heavy atom. The van der Waals surface area contributed by atoms with Gasteiger partial charge in [-0.1, -0.05) is 11.8 Å². The van der Waals surface area contributed by atoms with E-state index in [4.69, 9.17) is 5.73 Å². The highest BCUT2D eigenvalue weighted by Gasteiger charge is 2.12. The molecule has 1 heterocycles. The lowest BCUT2D eigenvalue weighted by Gasteiger charge is -2.05. The van der Waals surface area contributed by atoms with Gasteiger partial charge in [-0.3, -0.25) is 4.68 Å². The molecule has 17 heavy (non-hydrogen) atoms. The predicted octanol–water partition coefficient (Wildman–Crippen LogP) is 3.08. The third kappa shape index (κ3) is 2.44. The smallest absolute Gasteiger partial charge is 0.123 e. The van der Waals surface area contributed by atoms with Crippen LogP contribution in [0.4, 0.5) is 10.1 Å². The van der Waals surface area contributed by atoms with Crippen LogP contribution in [0.5, 0.6) is 0 Å². The predicted molar refractivity (Wildman–Crippen MR) is 67.6 cm³/mol. The summed E-state index contributed by atoms with van der Waals surface area (Å²) in [7, 11) is 0. The van der Waals surface area contributed by atoms with Gasteiger partial charge in [0.25, 0.3) is 0 Å². The molecule has 1 aromatic carbocycles. The molecule has 3 nitrogen and oxygen atoms in total. The van der Waals surface area contributed by atoms with Crippen molar-refractivity contribution in [1.29, 1.82) is 0 Å². The van der Waals surface area contributed by atoms with Gasteiger partial charge in [-0.2, -0.15) is 5.10 Å². The quantitative estimate of drug-likeness (QED) is 0.911. The summed E-state index contributed by atoms with van der Waals surface area (Å²) in [5.41, 5.74) is 7.50. The number of aromatic nitrogens is 2. The molecule has 90 valence electrons. The Hall–Kier alpha value is -1.49. The molecule has 2 N–H and O–H groups in total. The van der Waals surface area contributed by atoms with Gasteiger partial charge in [0.2, 0.25) is 0 Å². The molecule has 0 radical (unpaired) electrons. The van der Waals surface area contributed by atoms with E-state index in [1.807, 2.05) is 18.5 Å². The first kappa shape index (κ1) is 12.0. The highest BCUT2D eigenvalue weighted by Crippen LogP contribution is 2.33. The van der Waals surface area contributed by atoms with E-state index in [0.717, 1.165) is 22.2 Å². The number of benzene rings is 1. The van der Waals surface area contributed by atoms with Gasteiger partial charge in [-0.15, -0.1) is 0 Å². The van der Waals surface area contributed by atoms with Gasteiger partial charge >= 0.3 is 0 Å². The SMILES string of the molecule is CCn1nc(C)c(N)c1Sc1ccc(F)cc1. The molecule has 5 heteroatoms. The molecule has 0 unspecified atom stereocenters. The van der Waals surface area contributed by atoms with Crippen LogP contribution < -0.4 is 5.73 Å². The van der Waals surface area contributed by atoms with E-state index in [1.165, 1.54) is 23.9 Å². The number of halogens is 1. The molecule has 1 aromatic heterocycles. The lowest BCUT2D eigenvalue weighted by atomic mass is 10.4. The molecular weight excluding hydrogens is 237 g/mol. The fraction of sp³-hybridized carbons (Fsp3) is 0.250. The van der Waals surface area contributed by atoms with E-state index in [-0.39, 0.29) is 5.82 Å². The molecule has 0 spiro atoms. The molecule has 0 amide bonds. The second-order valence-corrected chi connectivity index (χ2v) is 4.74. The van der Waals surface area contributed by atoms with E-state index >= 15 is 0 Å².